The van der Waals surface area contributed by atoms with Gasteiger partial charge < -0.3 is 14.2 Å². The summed E-state index contributed by atoms with van der Waals surface area (Å²) in [7, 11) is 0. The van der Waals surface area contributed by atoms with E-state index in [4.69, 9.17) is 14.2 Å². The zero-order valence-electron chi connectivity index (χ0n) is 9.36. The summed E-state index contributed by atoms with van der Waals surface area (Å²) >= 11 is 0. The van der Waals surface area contributed by atoms with Gasteiger partial charge in [-0.25, -0.2) is 0 Å². The standard InChI is InChI=1S/C12H14O4/c1-3-12(13)16-8(2)9-4-5-10-11(6-9)15-7-14-10/h4-6,8H,3,7H2,1-2H3/t8-/m0/s1. The fourth-order valence-corrected chi connectivity index (χ4v) is 1.51. The summed E-state index contributed by atoms with van der Waals surface area (Å²) in [5.41, 5.74) is 0.908. The average molecular weight is 222 g/mol. The van der Waals surface area contributed by atoms with Gasteiger partial charge in [-0.05, 0) is 24.6 Å². The molecule has 0 fully saturated rings. The van der Waals surface area contributed by atoms with Gasteiger partial charge in [0.25, 0.3) is 0 Å². The Morgan fingerprint density at radius 3 is 2.94 bits per heavy atom. The predicted molar refractivity (Wildman–Crippen MR) is 57.4 cm³/mol. The van der Waals surface area contributed by atoms with E-state index in [1.54, 1.807) is 6.92 Å². The molecule has 0 amide bonds. The Bertz CT molecular complexity index is 400. The van der Waals surface area contributed by atoms with Crippen LogP contribution >= 0.6 is 0 Å². The van der Waals surface area contributed by atoms with Crippen molar-refractivity contribution in [3.8, 4) is 11.5 Å². The molecule has 0 saturated carbocycles. The molecule has 1 aliphatic heterocycles. The van der Waals surface area contributed by atoms with Gasteiger partial charge in [0.1, 0.15) is 6.10 Å². The minimum absolute atomic E-state index is 0.204. The maximum absolute atomic E-state index is 11.2. The van der Waals surface area contributed by atoms with Crippen molar-refractivity contribution in [3.63, 3.8) is 0 Å². The number of hydrogen-bond donors (Lipinski definition) is 0. The van der Waals surface area contributed by atoms with Crippen LogP contribution in [0.1, 0.15) is 31.9 Å². The van der Waals surface area contributed by atoms with Gasteiger partial charge in [-0.1, -0.05) is 13.0 Å². The molecule has 2 rings (SSSR count). The third-order valence-electron chi connectivity index (χ3n) is 2.46. The van der Waals surface area contributed by atoms with Crippen LogP contribution in [0.2, 0.25) is 0 Å². The smallest absolute Gasteiger partial charge is 0.306 e. The lowest BCUT2D eigenvalue weighted by Crippen LogP contribution is -2.07. The van der Waals surface area contributed by atoms with Crippen molar-refractivity contribution in [2.75, 3.05) is 6.79 Å². The Labute approximate surface area is 94.1 Å². The van der Waals surface area contributed by atoms with Crippen molar-refractivity contribution in [3.05, 3.63) is 23.8 Å². The maximum Gasteiger partial charge on any atom is 0.306 e. The Hall–Kier alpha value is -1.71. The number of ether oxygens (including phenoxy) is 3. The van der Waals surface area contributed by atoms with Crippen LogP contribution in [0.25, 0.3) is 0 Å². The van der Waals surface area contributed by atoms with Gasteiger partial charge >= 0.3 is 5.97 Å². The highest BCUT2D eigenvalue weighted by Gasteiger charge is 2.17. The van der Waals surface area contributed by atoms with Gasteiger partial charge in [0, 0.05) is 6.42 Å². The lowest BCUT2D eigenvalue weighted by molar-refractivity contribution is -0.148. The summed E-state index contributed by atoms with van der Waals surface area (Å²) in [4.78, 5) is 11.2. The molecule has 1 aromatic rings. The van der Waals surface area contributed by atoms with Crippen molar-refractivity contribution in [2.24, 2.45) is 0 Å². The Kier molecular flexibility index (Phi) is 2.99. The van der Waals surface area contributed by atoms with E-state index in [0.717, 1.165) is 11.3 Å². The van der Waals surface area contributed by atoms with Crippen molar-refractivity contribution in [1.29, 1.82) is 0 Å². The molecule has 0 saturated heterocycles. The predicted octanol–water partition coefficient (Wildman–Crippen LogP) is 2.43. The molecule has 0 aliphatic carbocycles. The first-order valence-corrected chi connectivity index (χ1v) is 5.29. The zero-order chi connectivity index (χ0) is 11.5. The molecule has 16 heavy (non-hydrogen) atoms. The Morgan fingerprint density at radius 2 is 2.19 bits per heavy atom. The molecule has 1 aromatic carbocycles. The molecule has 1 atom stereocenters. The summed E-state index contributed by atoms with van der Waals surface area (Å²) in [6, 6.07) is 5.55. The second kappa shape index (κ2) is 4.43. The number of carbonyl (C=O) groups is 1. The van der Waals surface area contributed by atoms with Crippen molar-refractivity contribution >= 4 is 5.97 Å². The van der Waals surface area contributed by atoms with E-state index in [1.165, 1.54) is 0 Å². The van der Waals surface area contributed by atoms with Gasteiger partial charge in [-0.3, -0.25) is 4.79 Å². The van der Waals surface area contributed by atoms with Crippen LogP contribution in [0, 0.1) is 0 Å². The van der Waals surface area contributed by atoms with Gasteiger partial charge in [0.05, 0.1) is 0 Å². The van der Waals surface area contributed by atoms with Crippen LogP contribution in [0.4, 0.5) is 0 Å². The lowest BCUT2D eigenvalue weighted by atomic mass is 10.1. The summed E-state index contributed by atoms with van der Waals surface area (Å²) in [6.45, 7) is 3.86. The fraction of sp³-hybridized carbons (Fsp3) is 0.417. The maximum atomic E-state index is 11.2. The summed E-state index contributed by atoms with van der Waals surface area (Å²) in [5.74, 6) is 1.24. The van der Waals surface area contributed by atoms with E-state index in [1.807, 2.05) is 25.1 Å². The number of rotatable bonds is 3. The molecular weight excluding hydrogens is 208 g/mol. The molecule has 0 bridgehead atoms. The van der Waals surface area contributed by atoms with Crippen molar-refractivity contribution in [1.82, 2.24) is 0 Å². The summed E-state index contributed by atoms with van der Waals surface area (Å²) in [5, 5.41) is 0. The molecular formula is C12H14O4. The Balaban J connectivity index is 2.12. The van der Waals surface area contributed by atoms with Gasteiger partial charge in [0.15, 0.2) is 11.5 Å². The number of benzene rings is 1. The third kappa shape index (κ3) is 2.10. The average Bonchev–Trinajstić information content (AvgIpc) is 2.75. The van der Waals surface area contributed by atoms with Gasteiger partial charge in [-0.15, -0.1) is 0 Å². The Morgan fingerprint density at radius 1 is 1.44 bits per heavy atom. The highest BCUT2D eigenvalue weighted by molar-refractivity contribution is 5.69. The number of fused-ring (bicyclic) bond motifs is 1. The van der Waals surface area contributed by atoms with E-state index in [2.05, 4.69) is 0 Å². The molecule has 0 radical (unpaired) electrons. The molecule has 0 spiro atoms. The van der Waals surface area contributed by atoms with E-state index in [-0.39, 0.29) is 18.9 Å². The topological polar surface area (TPSA) is 44.8 Å². The van der Waals surface area contributed by atoms with Crippen LogP contribution in [0.15, 0.2) is 18.2 Å². The van der Waals surface area contributed by atoms with E-state index in [9.17, 15) is 4.79 Å². The molecule has 4 heteroatoms. The monoisotopic (exact) mass is 222 g/mol. The summed E-state index contributed by atoms with van der Waals surface area (Å²) in [6.07, 6.45) is 0.122. The molecule has 1 heterocycles. The van der Waals surface area contributed by atoms with Crippen LogP contribution in [-0.2, 0) is 9.53 Å². The van der Waals surface area contributed by atoms with Crippen molar-refractivity contribution < 1.29 is 19.0 Å². The molecule has 0 unspecified atom stereocenters. The SMILES string of the molecule is CCC(=O)O[C@@H](C)c1ccc2c(c1)OCO2. The highest BCUT2D eigenvalue weighted by atomic mass is 16.7. The minimum Gasteiger partial charge on any atom is -0.458 e. The van der Waals surface area contributed by atoms with Crippen LogP contribution < -0.4 is 9.47 Å². The van der Waals surface area contributed by atoms with Gasteiger partial charge in [-0.2, -0.15) is 0 Å². The fourth-order valence-electron chi connectivity index (χ4n) is 1.51. The molecule has 0 aromatic heterocycles. The number of hydrogen-bond acceptors (Lipinski definition) is 4. The lowest BCUT2D eigenvalue weighted by Gasteiger charge is -2.13. The number of esters is 1. The van der Waals surface area contributed by atoms with Crippen LogP contribution in [-0.4, -0.2) is 12.8 Å². The quantitative estimate of drug-likeness (QED) is 0.737. The highest BCUT2D eigenvalue weighted by Crippen LogP contribution is 2.34. The number of carbonyl (C=O) groups excluding carboxylic acids is 1. The normalized spacial score (nSPS) is 14.6. The second-order valence-corrected chi connectivity index (χ2v) is 3.60. The van der Waals surface area contributed by atoms with Crippen molar-refractivity contribution in [2.45, 2.75) is 26.4 Å². The van der Waals surface area contributed by atoms with E-state index >= 15 is 0 Å². The summed E-state index contributed by atoms with van der Waals surface area (Å²) < 4.78 is 15.7. The molecule has 4 nitrogen and oxygen atoms in total. The van der Waals surface area contributed by atoms with E-state index < -0.39 is 0 Å². The van der Waals surface area contributed by atoms with Gasteiger partial charge in [0.2, 0.25) is 6.79 Å². The molecule has 0 N–H and O–H groups in total. The largest absolute Gasteiger partial charge is 0.458 e. The first-order chi connectivity index (χ1) is 7.70. The van der Waals surface area contributed by atoms with Crippen LogP contribution in [0.5, 0.6) is 11.5 Å². The molecule has 1 aliphatic rings. The van der Waals surface area contributed by atoms with Crippen LogP contribution in [0.3, 0.4) is 0 Å². The minimum atomic E-state index is -0.262. The van der Waals surface area contributed by atoms with E-state index in [0.29, 0.717) is 12.2 Å². The second-order valence-electron chi connectivity index (χ2n) is 3.60. The molecule has 86 valence electrons. The first-order valence-electron chi connectivity index (χ1n) is 5.29. The zero-order valence-corrected chi connectivity index (χ0v) is 9.36. The first kappa shape index (κ1) is 10.8. The third-order valence-corrected chi connectivity index (χ3v) is 2.46.